The van der Waals surface area contributed by atoms with E-state index in [0.717, 1.165) is 116 Å². The zero-order valence-electron chi connectivity index (χ0n) is 50.0. The van der Waals surface area contributed by atoms with Crippen LogP contribution in [0.15, 0.2) is 97.2 Å². The van der Waals surface area contributed by atoms with E-state index in [4.69, 9.17) is 14.2 Å². The molecule has 436 valence electrons. The molecule has 0 heterocycles. The zero-order valence-corrected chi connectivity index (χ0v) is 50.0. The SMILES string of the molecule is CC/C=C\C/C=C\C/C=C\C/C=C\C/C=C\C/C=C\CCCCCCC(=O)OCC(COC(=O)CCCCCCCCCCCCCCCCCC)OC(=O)CCCCCCCCCCC/C=C\C/C=C\CCCCC. The molecule has 0 bridgehead atoms. The highest BCUT2D eigenvalue weighted by molar-refractivity contribution is 5.71. The van der Waals surface area contributed by atoms with Crippen LogP contribution in [-0.2, 0) is 28.6 Å². The van der Waals surface area contributed by atoms with Crippen molar-refractivity contribution in [2.45, 2.75) is 316 Å². The summed E-state index contributed by atoms with van der Waals surface area (Å²) < 4.78 is 16.9. The van der Waals surface area contributed by atoms with E-state index in [-0.39, 0.29) is 31.1 Å². The highest BCUT2D eigenvalue weighted by Gasteiger charge is 2.19. The van der Waals surface area contributed by atoms with Gasteiger partial charge >= 0.3 is 17.9 Å². The van der Waals surface area contributed by atoms with Crippen molar-refractivity contribution in [3.63, 3.8) is 0 Å². The van der Waals surface area contributed by atoms with Gasteiger partial charge in [-0.2, -0.15) is 0 Å². The Balaban J connectivity index is 4.43. The van der Waals surface area contributed by atoms with Crippen molar-refractivity contribution < 1.29 is 28.6 Å². The number of rotatable bonds is 58. The van der Waals surface area contributed by atoms with Crippen molar-refractivity contribution in [1.82, 2.24) is 0 Å². The van der Waals surface area contributed by atoms with Gasteiger partial charge in [-0.05, 0) is 103 Å². The van der Waals surface area contributed by atoms with Gasteiger partial charge in [-0.3, -0.25) is 14.4 Å². The second-order valence-corrected chi connectivity index (χ2v) is 21.3. The molecule has 0 aromatic rings. The van der Waals surface area contributed by atoms with Gasteiger partial charge in [0.05, 0.1) is 0 Å². The summed E-state index contributed by atoms with van der Waals surface area (Å²) in [6.45, 7) is 6.51. The molecular formula is C70H120O6. The molecule has 0 amide bonds. The van der Waals surface area contributed by atoms with Crippen LogP contribution in [0.5, 0.6) is 0 Å². The Morgan fingerprint density at radius 2 is 0.513 bits per heavy atom. The van der Waals surface area contributed by atoms with Crippen LogP contribution < -0.4 is 0 Å². The lowest BCUT2D eigenvalue weighted by atomic mass is 10.0. The van der Waals surface area contributed by atoms with Gasteiger partial charge < -0.3 is 14.2 Å². The second-order valence-electron chi connectivity index (χ2n) is 21.3. The molecule has 0 rings (SSSR count). The fourth-order valence-corrected chi connectivity index (χ4v) is 9.01. The molecule has 76 heavy (non-hydrogen) atoms. The predicted octanol–water partition coefficient (Wildman–Crippen LogP) is 22.0. The molecule has 0 fully saturated rings. The minimum atomic E-state index is -0.791. The number of hydrogen-bond donors (Lipinski definition) is 0. The predicted molar refractivity (Wildman–Crippen MR) is 330 cm³/mol. The van der Waals surface area contributed by atoms with Crippen molar-refractivity contribution in [2.75, 3.05) is 13.2 Å². The molecule has 0 spiro atoms. The highest BCUT2D eigenvalue weighted by Crippen LogP contribution is 2.16. The van der Waals surface area contributed by atoms with Crippen molar-refractivity contribution in [3.05, 3.63) is 97.2 Å². The molecule has 1 atom stereocenters. The lowest BCUT2D eigenvalue weighted by Gasteiger charge is -2.18. The maximum absolute atomic E-state index is 12.9. The van der Waals surface area contributed by atoms with Gasteiger partial charge in [0.1, 0.15) is 13.2 Å². The van der Waals surface area contributed by atoms with Crippen molar-refractivity contribution in [1.29, 1.82) is 0 Å². The summed E-state index contributed by atoms with van der Waals surface area (Å²) in [5.74, 6) is -0.903. The third-order valence-corrected chi connectivity index (χ3v) is 13.8. The molecule has 0 aliphatic heterocycles. The molecule has 6 heteroatoms. The van der Waals surface area contributed by atoms with E-state index in [9.17, 15) is 14.4 Å². The number of hydrogen-bond acceptors (Lipinski definition) is 6. The number of ether oxygens (including phenoxy) is 3. The Labute approximate surface area is 470 Å². The summed E-state index contributed by atoms with van der Waals surface area (Å²) in [6.07, 6.45) is 85.4. The largest absolute Gasteiger partial charge is 0.462 e. The average Bonchev–Trinajstić information content (AvgIpc) is 3.42. The van der Waals surface area contributed by atoms with Crippen LogP contribution in [0.4, 0.5) is 0 Å². The maximum atomic E-state index is 12.9. The van der Waals surface area contributed by atoms with Crippen LogP contribution in [-0.4, -0.2) is 37.2 Å². The number of carbonyl (C=O) groups is 3. The van der Waals surface area contributed by atoms with Crippen LogP contribution in [0, 0.1) is 0 Å². The molecule has 0 saturated heterocycles. The fraction of sp³-hybridized carbons (Fsp3) is 0.729. The molecule has 1 unspecified atom stereocenters. The van der Waals surface area contributed by atoms with Crippen molar-refractivity contribution >= 4 is 17.9 Å². The summed E-state index contributed by atoms with van der Waals surface area (Å²) in [6, 6.07) is 0. The summed E-state index contributed by atoms with van der Waals surface area (Å²) in [5, 5.41) is 0. The zero-order chi connectivity index (χ0) is 55.0. The Kier molecular flexibility index (Phi) is 60.8. The summed E-state index contributed by atoms with van der Waals surface area (Å²) in [5.41, 5.74) is 0. The normalized spacial score (nSPS) is 12.7. The van der Waals surface area contributed by atoms with Gasteiger partial charge in [0.25, 0.3) is 0 Å². The summed E-state index contributed by atoms with van der Waals surface area (Å²) >= 11 is 0. The Hall–Kier alpha value is -3.67. The van der Waals surface area contributed by atoms with E-state index < -0.39 is 6.10 Å². The molecule has 0 aliphatic rings. The van der Waals surface area contributed by atoms with E-state index in [1.165, 1.54) is 154 Å². The van der Waals surface area contributed by atoms with Crippen LogP contribution in [0.2, 0.25) is 0 Å². The topological polar surface area (TPSA) is 78.9 Å². The monoisotopic (exact) mass is 1060 g/mol. The first-order chi connectivity index (χ1) is 37.5. The van der Waals surface area contributed by atoms with E-state index in [1.54, 1.807) is 0 Å². The fourth-order valence-electron chi connectivity index (χ4n) is 9.01. The maximum Gasteiger partial charge on any atom is 0.306 e. The summed E-state index contributed by atoms with van der Waals surface area (Å²) in [7, 11) is 0. The standard InChI is InChI=1S/C70H120O6/c1-4-7-10-13-16-19-22-25-28-31-33-34-35-36-38-39-42-45-48-51-54-57-60-63-69(72)75-66-67(65-74-68(71)62-59-56-53-50-47-44-41-30-27-24-21-18-15-12-9-6-3)76-70(73)64-61-58-55-52-49-46-43-40-37-32-29-26-23-20-17-14-11-8-5-2/h7,10,16-17,19-20,25-26,28-29,33-34,36,38,42,45,67H,4-6,8-9,11-15,18,21-24,27,30-32,35,37,39-41,43-44,46-66H2,1-3H3/b10-7-,19-16-,20-17-,28-25-,29-26-,34-33-,38-36-,45-42-. The van der Waals surface area contributed by atoms with Gasteiger partial charge in [-0.25, -0.2) is 0 Å². The Bertz CT molecular complexity index is 1490. The van der Waals surface area contributed by atoms with Crippen LogP contribution >= 0.6 is 0 Å². The Morgan fingerprint density at radius 1 is 0.276 bits per heavy atom. The highest BCUT2D eigenvalue weighted by atomic mass is 16.6. The first-order valence-corrected chi connectivity index (χ1v) is 32.2. The molecule has 0 aliphatic carbocycles. The van der Waals surface area contributed by atoms with Crippen LogP contribution in [0.3, 0.4) is 0 Å². The van der Waals surface area contributed by atoms with E-state index in [1.807, 2.05) is 0 Å². The summed E-state index contributed by atoms with van der Waals surface area (Å²) in [4.78, 5) is 38.4. The van der Waals surface area contributed by atoms with E-state index >= 15 is 0 Å². The van der Waals surface area contributed by atoms with Crippen molar-refractivity contribution in [2.24, 2.45) is 0 Å². The molecule has 0 N–H and O–H groups in total. The molecule has 0 aromatic heterocycles. The van der Waals surface area contributed by atoms with E-state index in [0.29, 0.717) is 19.3 Å². The van der Waals surface area contributed by atoms with Crippen molar-refractivity contribution in [3.8, 4) is 0 Å². The van der Waals surface area contributed by atoms with Crippen LogP contribution in [0.25, 0.3) is 0 Å². The first kappa shape index (κ1) is 72.3. The van der Waals surface area contributed by atoms with Crippen LogP contribution in [0.1, 0.15) is 310 Å². The third kappa shape index (κ3) is 61.2. The van der Waals surface area contributed by atoms with Gasteiger partial charge in [0, 0.05) is 19.3 Å². The molecule has 6 nitrogen and oxygen atoms in total. The molecular weight excluding hydrogens is 937 g/mol. The molecule has 0 radical (unpaired) electrons. The number of unbranched alkanes of at least 4 members (excludes halogenated alkanes) is 31. The third-order valence-electron chi connectivity index (χ3n) is 13.8. The van der Waals surface area contributed by atoms with E-state index in [2.05, 4.69) is 118 Å². The lowest BCUT2D eigenvalue weighted by Crippen LogP contribution is -2.30. The Morgan fingerprint density at radius 3 is 0.829 bits per heavy atom. The molecule has 0 aromatic carbocycles. The van der Waals surface area contributed by atoms with Gasteiger partial charge in [-0.1, -0.05) is 285 Å². The second kappa shape index (κ2) is 63.9. The molecule has 0 saturated carbocycles. The minimum Gasteiger partial charge on any atom is -0.462 e. The number of allylic oxidation sites excluding steroid dienone is 16. The first-order valence-electron chi connectivity index (χ1n) is 32.2. The average molecular weight is 1060 g/mol. The van der Waals surface area contributed by atoms with Gasteiger partial charge in [0.15, 0.2) is 6.10 Å². The number of esters is 3. The number of carbonyl (C=O) groups excluding carboxylic acids is 3. The lowest BCUT2D eigenvalue weighted by molar-refractivity contribution is -0.167. The van der Waals surface area contributed by atoms with Gasteiger partial charge in [0.2, 0.25) is 0 Å². The minimum absolute atomic E-state index is 0.0852. The smallest absolute Gasteiger partial charge is 0.306 e. The van der Waals surface area contributed by atoms with Gasteiger partial charge in [-0.15, -0.1) is 0 Å². The quantitative estimate of drug-likeness (QED) is 0.0261.